The van der Waals surface area contributed by atoms with Gasteiger partial charge in [0.05, 0.1) is 18.6 Å². The molecule has 3 saturated heterocycles. The zero-order valence-corrected chi connectivity index (χ0v) is 13.0. The molecule has 3 fully saturated rings. The van der Waals surface area contributed by atoms with E-state index in [0.29, 0.717) is 18.1 Å². The number of hydrogen-bond donors (Lipinski definition) is 1. The number of piperidine rings is 1. The van der Waals surface area contributed by atoms with Crippen LogP contribution in [0.15, 0.2) is 0 Å². The van der Waals surface area contributed by atoms with Gasteiger partial charge in [0.2, 0.25) is 5.91 Å². The van der Waals surface area contributed by atoms with Gasteiger partial charge < -0.3 is 15.0 Å². The Hall–Kier alpha value is -0.360. The molecule has 20 heavy (non-hydrogen) atoms. The number of morpholine rings is 1. The van der Waals surface area contributed by atoms with Crippen LogP contribution in [0.2, 0.25) is 0 Å². The van der Waals surface area contributed by atoms with Crippen LogP contribution in [0.1, 0.15) is 19.8 Å². The van der Waals surface area contributed by atoms with Crippen molar-refractivity contribution in [2.45, 2.75) is 31.9 Å². The number of likely N-dealkylation sites (tertiary alicyclic amines) is 1. The van der Waals surface area contributed by atoms with E-state index in [1.807, 2.05) is 0 Å². The lowest BCUT2D eigenvalue weighted by Gasteiger charge is -2.43. The SMILES string of the molecule is CC1CN(C2CCN(C(=O)C3CNC3)CC2)CCO1.Cl. The predicted molar refractivity (Wildman–Crippen MR) is 80.2 cm³/mol. The molecule has 0 aromatic carbocycles. The van der Waals surface area contributed by atoms with Gasteiger partial charge >= 0.3 is 0 Å². The largest absolute Gasteiger partial charge is 0.376 e. The molecule has 0 bridgehead atoms. The molecule has 0 aromatic heterocycles. The van der Waals surface area contributed by atoms with Crippen LogP contribution >= 0.6 is 12.4 Å². The molecule has 3 heterocycles. The van der Waals surface area contributed by atoms with Crippen molar-refractivity contribution in [1.82, 2.24) is 15.1 Å². The molecule has 0 radical (unpaired) electrons. The fraction of sp³-hybridized carbons (Fsp3) is 0.929. The van der Waals surface area contributed by atoms with Gasteiger partial charge in [-0.2, -0.15) is 0 Å². The lowest BCUT2D eigenvalue weighted by Crippen LogP contribution is -2.56. The van der Waals surface area contributed by atoms with E-state index in [1.54, 1.807) is 0 Å². The van der Waals surface area contributed by atoms with Crippen molar-refractivity contribution in [3.05, 3.63) is 0 Å². The highest BCUT2D eigenvalue weighted by Gasteiger charge is 2.33. The van der Waals surface area contributed by atoms with Gasteiger partial charge in [-0.15, -0.1) is 12.4 Å². The maximum Gasteiger partial charge on any atom is 0.228 e. The van der Waals surface area contributed by atoms with Crippen LogP contribution in [0.25, 0.3) is 0 Å². The summed E-state index contributed by atoms with van der Waals surface area (Å²) in [5.41, 5.74) is 0. The summed E-state index contributed by atoms with van der Waals surface area (Å²) in [4.78, 5) is 16.8. The number of amides is 1. The Morgan fingerprint density at radius 1 is 1.20 bits per heavy atom. The Bertz CT molecular complexity index is 330. The van der Waals surface area contributed by atoms with Crippen molar-refractivity contribution in [1.29, 1.82) is 0 Å². The number of nitrogens with one attached hydrogen (secondary N) is 1. The molecular formula is C14H26ClN3O2. The van der Waals surface area contributed by atoms with Crippen LogP contribution in [0.4, 0.5) is 0 Å². The smallest absolute Gasteiger partial charge is 0.228 e. The van der Waals surface area contributed by atoms with E-state index < -0.39 is 0 Å². The molecule has 1 unspecified atom stereocenters. The van der Waals surface area contributed by atoms with Crippen molar-refractivity contribution >= 4 is 18.3 Å². The van der Waals surface area contributed by atoms with Crippen LogP contribution in [-0.2, 0) is 9.53 Å². The van der Waals surface area contributed by atoms with Crippen LogP contribution in [0.5, 0.6) is 0 Å². The fourth-order valence-corrected chi connectivity index (χ4v) is 3.35. The molecule has 116 valence electrons. The molecule has 1 atom stereocenters. The molecule has 3 rings (SSSR count). The standard InChI is InChI=1S/C14H25N3O2.ClH/c1-11-10-17(6-7-19-11)13-2-4-16(5-3-13)14(18)12-8-15-9-12;/h11-13,15H,2-10H2,1H3;1H. The fourth-order valence-electron chi connectivity index (χ4n) is 3.35. The van der Waals surface area contributed by atoms with Gasteiger partial charge in [0, 0.05) is 45.3 Å². The second kappa shape index (κ2) is 7.07. The Kier molecular flexibility index (Phi) is 5.66. The van der Waals surface area contributed by atoms with Crippen molar-refractivity contribution in [2.24, 2.45) is 5.92 Å². The maximum atomic E-state index is 12.2. The van der Waals surface area contributed by atoms with Gasteiger partial charge in [-0.05, 0) is 19.8 Å². The predicted octanol–water partition coefficient (Wildman–Crippen LogP) is 0.339. The molecule has 3 aliphatic heterocycles. The minimum Gasteiger partial charge on any atom is -0.376 e. The van der Waals surface area contributed by atoms with E-state index in [0.717, 1.165) is 58.7 Å². The first-order valence-electron chi connectivity index (χ1n) is 7.59. The van der Waals surface area contributed by atoms with Crippen LogP contribution in [0, 0.1) is 5.92 Å². The van der Waals surface area contributed by atoms with Gasteiger partial charge in [0.1, 0.15) is 0 Å². The van der Waals surface area contributed by atoms with Crippen molar-refractivity contribution in [3.63, 3.8) is 0 Å². The van der Waals surface area contributed by atoms with Crippen LogP contribution < -0.4 is 5.32 Å². The number of nitrogens with zero attached hydrogens (tertiary/aromatic N) is 2. The van der Waals surface area contributed by atoms with E-state index in [2.05, 4.69) is 22.0 Å². The summed E-state index contributed by atoms with van der Waals surface area (Å²) in [6, 6.07) is 0.648. The lowest BCUT2D eigenvalue weighted by molar-refractivity contribution is -0.139. The summed E-state index contributed by atoms with van der Waals surface area (Å²) in [7, 11) is 0. The first kappa shape index (κ1) is 16.0. The van der Waals surface area contributed by atoms with E-state index in [1.165, 1.54) is 0 Å². The summed E-state index contributed by atoms with van der Waals surface area (Å²) >= 11 is 0. The van der Waals surface area contributed by atoms with E-state index in [-0.39, 0.29) is 18.3 Å². The Labute approximate surface area is 127 Å². The third-order valence-corrected chi connectivity index (χ3v) is 4.70. The lowest BCUT2D eigenvalue weighted by atomic mass is 9.97. The Morgan fingerprint density at radius 3 is 2.45 bits per heavy atom. The van der Waals surface area contributed by atoms with Gasteiger partial charge in [0.15, 0.2) is 0 Å². The average molecular weight is 304 g/mol. The van der Waals surface area contributed by atoms with E-state index in [4.69, 9.17) is 4.74 Å². The van der Waals surface area contributed by atoms with E-state index >= 15 is 0 Å². The van der Waals surface area contributed by atoms with Crippen molar-refractivity contribution in [3.8, 4) is 0 Å². The number of halogens is 1. The molecule has 3 aliphatic rings. The topological polar surface area (TPSA) is 44.8 Å². The number of carbonyl (C=O) groups is 1. The minimum atomic E-state index is 0. The van der Waals surface area contributed by atoms with Gasteiger partial charge in [0.25, 0.3) is 0 Å². The highest BCUT2D eigenvalue weighted by Crippen LogP contribution is 2.21. The Balaban J connectivity index is 0.00000147. The monoisotopic (exact) mass is 303 g/mol. The molecule has 6 heteroatoms. The second-order valence-corrected chi connectivity index (χ2v) is 6.09. The molecular weight excluding hydrogens is 278 g/mol. The molecule has 0 spiro atoms. The van der Waals surface area contributed by atoms with Crippen molar-refractivity contribution in [2.75, 3.05) is 45.9 Å². The first-order valence-corrected chi connectivity index (χ1v) is 7.59. The summed E-state index contributed by atoms with van der Waals surface area (Å²) in [6.45, 7) is 8.72. The van der Waals surface area contributed by atoms with Gasteiger partial charge in [-0.3, -0.25) is 9.69 Å². The maximum absolute atomic E-state index is 12.2. The quantitative estimate of drug-likeness (QED) is 0.799. The highest BCUT2D eigenvalue weighted by atomic mass is 35.5. The highest BCUT2D eigenvalue weighted by molar-refractivity contribution is 5.85. The van der Waals surface area contributed by atoms with Crippen molar-refractivity contribution < 1.29 is 9.53 Å². The summed E-state index contributed by atoms with van der Waals surface area (Å²) in [6.07, 6.45) is 2.60. The summed E-state index contributed by atoms with van der Waals surface area (Å²) in [5, 5.41) is 3.18. The molecule has 1 amide bonds. The second-order valence-electron chi connectivity index (χ2n) is 6.09. The zero-order valence-electron chi connectivity index (χ0n) is 12.2. The normalized spacial score (nSPS) is 29.6. The Morgan fingerprint density at radius 2 is 1.90 bits per heavy atom. The molecule has 1 N–H and O–H groups in total. The summed E-state index contributed by atoms with van der Waals surface area (Å²) in [5.74, 6) is 0.618. The number of carbonyl (C=O) groups excluding carboxylic acids is 1. The molecule has 0 aromatic rings. The van der Waals surface area contributed by atoms with Crippen LogP contribution in [-0.4, -0.2) is 73.7 Å². The molecule has 0 saturated carbocycles. The number of hydrogen-bond acceptors (Lipinski definition) is 4. The number of ether oxygens (including phenoxy) is 1. The van der Waals surface area contributed by atoms with Gasteiger partial charge in [-0.25, -0.2) is 0 Å². The van der Waals surface area contributed by atoms with Gasteiger partial charge in [-0.1, -0.05) is 0 Å². The molecule has 0 aliphatic carbocycles. The van der Waals surface area contributed by atoms with Crippen LogP contribution in [0.3, 0.4) is 0 Å². The third-order valence-electron chi connectivity index (χ3n) is 4.70. The summed E-state index contributed by atoms with van der Waals surface area (Å²) < 4.78 is 5.60. The van der Waals surface area contributed by atoms with E-state index in [9.17, 15) is 4.79 Å². The molecule has 5 nitrogen and oxygen atoms in total. The average Bonchev–Trinajstić information content (AvgIpc) is 2.37. The zero-order chi connectivity index (χ0) is 13.2. The minimum absolute atomic E-state index is 0. The number of rotatable bonds is 2. The third kappa shape index (κ3) is 3.45. The first-order chi connectivity index (χ1) is 9.24.